The number of allylic oxidation sites excluding steroid dienone is 8. The maximum atomic E-state index is 3.88. The van der Waals surface area contributed by atoms with Crippen molar-refractivity contribution in [3.63, 3.8) is 0 Å². The van der Waals surface area contributed by atoms with Gasteiger partial charge in [0, 0.05) is 73.4 Å². The Bertz CT molecular complexity index is 3810. The summed E-state index contributed by atoms with van der Waals surface area (Å²) in [5.41, 5.74) is 19.3. The van der Waals surface area contributed by atoms with Gasteiger partial charge < -0.3 is 19.6 Å². The Kier molecular flexibility index (Phi) is 12.9. The minimum absolute atomic E-state index is 0.297. The van der Waals surface area contributed by atoms with Gasteiger partial charge in [-0.05, 0) is 173 Å². The van der Waals surface area contributed by atoms with Gasteiger partial charge in [0.15, 0.2) is 0 Å². The van der Waals surface area contributed by atoms with E-state index in [1.165, 1.54) is 38.6 Å². The van der Waals surface area contributed by atoms with E-state index in [1.807, 2.05) is 12.2 Å². The Balaban J connectivity index is 0.895. The maximum Gasteiger partial charge on any atom is 0.0540 e. The van der Waals surface area contributed by atoms with E-state index in [4.69, 9.17) is 0 Å². The van der Waals surface area contributed by atoms with E-state index < -0.39 is 0 Å². The molecule has 0 N–H and O–H groups in total. The third-order valence-corrected chi connectivity index (χ3v) is 14.8. The third-order valence-electron chi connectivity index (χ3n) is 14.8. The third kappa shape index (κ3) is 9.01. The normalized spacial score (nSPS) is 13.8. The molecule has 0 bridgehead atoms. The lowest BCUT2D eigenvalue weighted by molar-refractivity contribution is 0.660. The average molecular weight is 979 g/mol. The fourth-order valence-electron chi connectivity index (χ4n) is 11.1. The minimum atomic E-state index is -0.297. The highest BCUT2D eigenvalue weighted by atomic mass is 15.2. The van der Waals surface area contributed by atoms with E-state index >= 15 is 0 Å². The smallest absolute Gasteiger partial charge is 0.0540 e. The summed E-state index contributed by atoms with van der Waals surface area (Å²) in [6.07, 6.45) is 15.5. The first-order chi connectivity index (χ1) is 37.4. The summed E-state index contributed by atoms with van der Waals surface area (Å²) in [4.78, 5) is 9.49. The lowest BCUT2D eigenvalue weighted by Crippen LogP contribution is -2.19. The van der Waals surface area contributed by atoms with Crippen LogP contribution in [0.5, 0.6) is 0 Å². The molecule has 0 aromatic heterocycles. The summed E-state index contributed by atoms with van der Waals surface area (Å²) >= 11 is 0. The Morgan fingerprint density at radius 2 is 0.803 bits per heavy atom. The van der Waals surface area contributed by atoms with Gasteiger partial charge in [-0.3, -0.25) is 0 Å². The van der Waals surface area contributed by atoms with Crippen molar-refractivity contribution in [2.45, 2.75) is 25.7 Å². The number of rotatable bonds is 14. The van der Waals surface area contributed by atoms with Crippen molar-refractivity contribution < 1.29 is 0 Å². The maximum absolute atomic E-state index is 3.88. The standard InChI is InChI=1S/C72H58N4/c1-4-5-10-25-54-26-20-22-37-70(54)75(57-32-15-8-16-33-57)61-43-39-59(40-44-61)73(55-28-11-6-12-29-55)63-47-49-66-67-50-48-64(52-69(67)72(2,3)68(66)51-63)74(56-30-13-7-14-31-56)60-41-45-62(46-42-60)76(58-34-17-9-18-35-58)71-38-23-27-53-24-19-21-36-65(53)71/h4-25,27-52H,1,26H2,2-3H3/b10-5-,54-25+. The highest BCUT2D eigenvalue weighted by Gasteiger charge is 2.37. The van der Waals surface area contributed by atoms with E-state index in [1.54, 1.807) is 0 Å². The number of fused-ring (bicyclic) bond motifs is 4. The Hall–Kier alpha value is -9.64. The van der Waals surface area contributed by atoms with Crippen LogP contribution in [0.25, 0.3) is 21.9 Å². The van der Waals surface area contributed by atoms with Gasteiger partial charge in [0.1, 0.15) is 0 Å². The molecule has 0 saturated carbocycles. The summed E-state index contributed by atoms with van der Waals surface area (Å²) in [5.74, 6) is 0. The molecule has 0 unspecified atom stereocenters. The van der Waals surface area contributed by atoms with Crippen molar-refractivity contribution in [1.29, 1.82) is 0 Å². The van der Waals surface area contributed by atoms with E-state index in [9.17, 15) is 0 Å². The molecule has 0 radical (unpaired) electrons. The van der Waals surface area contributed by atoms with Crippen molar-refractivity contribution in [2.24, 2.45) is 0 Å². The highest BCUT2D eigenvalue weighted by Crippen LogP contribution is 2.53. The molecule has 12 rings (SSSR count). The second-order valence-electron chi connectivity index (χ2n) is 19.8. The first-order valence-corrected chi connectivity index (χ1v) is 26.2. The second-order valence-corrected chi connectivity index (χ2v) is 19.8. The molecule has 2 aliphatic carbocycles. The first-order valence-electron chi connectivity index (χ1n) is 26.2. The summed E-state index contributed by atoms with van der Waals surface area (Å²) in [5, 5.41) is 2.42. The molecule has 366 valence electrons. The molecule has 4 nitrogen and oxygen atoms in total. The van der Waals surface area contributed by atoms with Gasteiger partial charge in [-0.2, -0.15) is 0 Å². The molecule has 0 fully saturated rings. The zero-order valence-corrected chi connectivity index (χ0v) is 42.9. The van der Waals surface area contributed by atoms with Gasteiger partial charge >= 0.3 is 0 Å². The number of hydrogen-bond donors (Lipinski definition) is 0. The van der Waals surface area contributed by atoms with E-state index in [0.29, 0.717) is 0 Å². The van der Waals surface area contributed by atoms with Crippen LogP contribution in [0.1, 0.15) is 31.4 Å². The molecule has 10 aromatic carbocycles. The van der Waals surface area contributed by atoms with Crippen molar-refractivity contribution in [3.8, 4) is 11.1 Å². The quantitative estimate of drug-likeness (QED) is 0.101. The molecule has 0 saturated heterocycles. The van der Waals surface area contributed by atoms with Crippen LogP contribution in [0.3, 0.4) is 0 Å². The lowest BCUT2D eigenvalue weighted by Gasteiger charge is -2.31. The minimum Gasteiger partial charge on any atom is -0.310 e. The van der Waals surface area contributed by atoms with Crippen LogP contribution in [-0.4, -0.2) is 0 Å². The number of para-hydroxylation sites is 4. The van der Waals surface area contributed by atoms with Gasteiger partial charge in [0.2, 0.25) is 0 Å². The van der Waals surface area contributed by atoms with Gasteiger partial charge in [-0.15, -0.1) is 0 Å². The predicted octanol–water partition coefficient (Wildman–Crippen LogP) is 20.2. The molecular formula is C72H58N4. The monoisotopic (exact) mass is 978 g/mol. The topological polar surface area (TPSA) is 13.0 Å². The number of nitrogens with zero attached hydrogens (tertiary/aromatic N) is 4. The van der Waals surface area contributed by atoms with Crippen LogP contribution in [0.2, 0.25) is 0 Å². The van der Waals surface area contributed by atoms with Gasteiger partial charge in [0.05, 0.1) is 5.69 Å². The molecule has 0 aliphatic heterocycles. The Morgan fingerprint density at radius 3 is 1.32 bits per heavy atom. The zero-order valence-electron chi connectivity index (χ0n) is 42.9. The molecule has 0 spiro atoms. The molecule has 76 heavy (non-hydrogen) atoms. The molecule has 2 aliphatic rings. The fraction of sp³-hybridized carbons (Fsp3) is 0.0556. The van der Waals surface area contributed by atoms with Crippen LogP contribution in [0.4, 0.5) is 62.6 Å². The van der Waals surface area contributed by atoms with Gasteiger partial charge in [-0.25, -0.2) is 0 Å². The van der Waals surface area contributed by atoms with E-state index in [2.05, 4.69) is 319 Å². The van der Waals surface area contributed by atoms with E-state index in [0.717, 1.165) is 74.7 Å². The van der Waals surface area contributed by atoms with E-state index in [-0.39, 0.29) is 5.41 Å². The molecule has 4 heteroatoms. The van der Waals surface area contributed by atoms with Crippen molar-refractivity contribution >= 4 is 73.3 Å². The van der Waals surface area contributed by atoms with Crippen molar-refractivity contribution in [2.75, 3.05) is 19.6 Å². The van der Waals surface area contributed by atoms with Gasteiger partial charge in [0.25, 0.3) is 0 Å². The van der Waals surface area contributed by atoms with Crippen LogP contribution in [0.15, 0.2) is 309 Å². The molecular weight excluding hydrogens is 921 g/mol. The Labute approximate surface area is 447 Å². The molecule has 0 heterocycles. The lowest BCUT2D eigenvalue weighted by atomic mass is 9.82. The van der Waals surface area contributed by atoms with Crippen LogP contribution < -0.4 is 19.6 Å². The summed E-state index contributed by atoms with van der Waals surface area (Å²) in [6.45, 7) is 8.64. The molecule has 10 aromatic rings. The zero-order chi connectivity index (χ0) is 51.4. The van der Waals surface area contributed by atoms with Crippen LogP contribution >= 0.6 is 0 Å². The van der Waals surface area contributed by atoms with Crippen LogP contribution in [-0.2, 0) is 5.41 Å². The number of hydrogen-bond acceptors (Lipinski definition) is 4. The van der Waals surface area contributed by atoms with Crippen LogP contribution in [0, 0.1) is 0 Å². The predicted molar refractivity (Wildman–Crippen MR) is 323 cm³/mol. The average Bonchev–Trinajstić information content (AvgIpc) is 3.70. The highest BCUT2D eigenvalue weighted by molar-refractivity contribution is 5.99. The Morgan fingerprint density at radius 1 is 0.395 bits per heavy atom. The van der Waals surface area contributed by atoms with Crippen molar-refractivity contribution in [3.05, 3.63) is 320 Å². The van der Waals surface area contributed by atoms with Gasteiger partial charge in [-0.1, -0.05) is 178 Å². The second kappa shape index (κ2) is 20.7. The SMILES string of the molecule is C=C/C=C\C=C1/CC=CC=C1N(c1ccccc1)c1ccc(N(c2ccccc2)c2ccc3c(c2)C(C)(C)c2cc(N(c4ccccc4)c4ccc(N(c5ccccc5)c5cccc6ccccc56)cc4)ccc2-3)cc1. The molecule has 0 amide bonds. The fourth-order valence-corrected chi connectivity index (χ4v) is 11.1. The number of benzene rings is 10. The molecule has 0 atom stereocenters. The summed E-state index contributed by atoms with van der Waals surface area (Å²) < 4.78 is 0. The summed E-state index contributed by atoms with van der Waals surface area (Å²) in [6, 6.07) is 90.1. The first kappa shape index (κ1) is 47.4. The summed E-state index contributed by atoms with van der Waals surface area (Å²) in [7, 11) is 0. The largest absolute Gasteiger partial charge is 0.310 e. The number of anilines is 11. The van der Waals surface area contributed by atoms with Crippen molar-refractivity contribution in [1.82, 2.24) is 0 Å².